The molecule has 0 aliphatic carbocycles. The molecule has 0 aromatic carbocycles. The molecule has 2 heterocycles. The molecule has 6 heteroatoms. The first-order valence-electron chi connectivity index (χ1n) is 5.63. The molecular weight excluding hydrogens is 264 g/mol. The molecule has 0 atom stereocenters. The van der Waals surface area contributed by atoms with Crippen molar-refractivity contribution in [2.45, 2.75) is 13.5 Å². The number of carbonyl (C=O) groups is 1. The number of nitrogens with zero attached hydrogens (tertiary/aromatic N) is 1. The quantitative estimate of drug-likeness (QED) is 0.527. The van der Waals surface area contributed by atoms with E-state index in [-0.39, 0.29) is 12.2 Å². The Kier molecular flexibility index (Phi) is 4.25. The third-order valence-electron chi connectivity index (χ3n) is 2.25. The fraction of sp³-hybridized carbons (Fsp3) is 0.154. The summed E-state index contributed by atoms with van der Waals surface area (Å²) in [6.07, 6.45) is 6.41. The topological polar surface area (TPSA) is 72.0 Å². The second kappa shape index (κ2) is 6.10. The number of thiophene rings is 1. The van der Waals surface area contributed by atoms with Crippen LogP contribution in [0.1, 0.15) is 12.7 Å². The first-order chi connectivity index (χ1) is 9.20. The van der Waals surface area contributed by atoms with Crippen LogP contribution in [0.3, 0.4) is 0 Å². The van der Waals surface area contributed by atoms with Gasteiger partial charge < -0.3 is 9.72 Å². The van der Waals surface area contributed by atoms with Crippen molar-refractivity contribution in [1.29, 1.82) is 0 Å². The molecule has 0 spiro atoms. The maximum absolute atomic E-state index is 11.7. The molecule has 0 radical (unpaired) electrons. The summed E-state index contributed by atoms with van der Waals surface area (Å²) in [5.74, 6) is -0.144. The van der Waals surface area contributed by atoms with Crippen LogP contribution in [0.5, 0.6) is 0 Å². The van der Waals surface area contributed by atoms with Gasteiger partial charge in [-0.2, -0.15) is 0 Å². The molecule has 1 N–H and O–H groups in total. The highest BCUT2D eigenvalue weighted by Gasteiger charge is 2.06. The van der Waals surface area contributed by atoms with Gasteiger partial charge >= 0.3 is 5.97 Å². The number of H-pyrrole nitrogens is 1. The predicted molar refractivity (Wildman–Crippen MR) is 74.0 cm³/mol. The zero-order chi connectivity index (χ0) is 13.7. The third kappa shape index (κ3) is 3.38. The van der Waals surface area contributed by atoms with Crippen LogP contribution in [0.15, 0.2) is 40.5 Å². The SMILES string of the molecule is C/C=C/C=C/C(=O)OCc1nc2ccsc2c(=O)[nH]1. The van der Waals surface area contributed by atoms with Crippen molar-refractivity contribution in [3.05, 3.63) is 51.9 Å². The van der Waals surface area contributed by atoms with Crippen molar-refractivity contribution >= 4 is 27.5 Å². The summed E-state index contributed by atoms with van der Waals surface area (Å²) < 4.78 is 5.54. The average molecular weight is 276 g/mol. The summed E-state index contributed by atoms with van der Waals surface area (Å²) in [7, 11) is 0. The van der Waals surface area contributed by atoms with Gasteiger partial charge in [-0.25, -0.2) is 9.78 Å². The van der Waals surface area contributed by atoms with Crippen LogP contribution in [0, 0.1) is 0 Å². The zero-order valence-corrected chi connectivity index (χ0v) is 11.1. The molecule has 0 bridgehead atoms. The van der Waals surface area contributed by atoms with Gasteiger partial charge in [-0.05, 0) is 18.4 Å². The Bertz CT molecular complexity index is 697. The van der Waals surface area contributed by atoms with Crippen LogP contribution in [-0.2, 0) is 16.1 Å². The molecule has 0 saturated heterocycles. The van der Waals surface area contributed by atoms with Crippen molar-refractivity contribution in [2.75, 3.05) is 0 Å². The Morgan fingerprint density at radius 3 is 3.16 bits per heavy atom. The van der Waals surface area contributed by atoms with E-state index in [9.17, 15) is 9.59 Å². The van der Waals surface area contributed by atoms with Crippen LogP contribution < -0.4 is 5.56 Å². The Morgan fingerprint density at radius 2 is 2.37 bits per heavy atom. The highest BCUT2D eigenvalue weighted by molar-refractivity contribution is 7.17. The monoisotopic (exact) mass is 276 g/mol. The summed E-state index contributed by atoms with van der Waals surface area (Å²) in [5.41, 5.74) is 0.403. The molecule has 2 aromatic rings. The summed E-state index contributed by atoms with van der Waals surface area (Å²) in [4.78, 5) is 29.8. The second-order valence-electron chi connectivity index (χ2n) is 3.64. The van der Waals surface area contributed by atoms with Crippen molar-refractivity contribution < 1.29 is 9.53 Å². The summed E-state index contributed by atoms with van der Waals surface area (Å²) in [6.45, 7) is 1.79. The normalized spacial score (nSPS) is 11.6. The number of fused-ring (bicyclic) bond motifs is 1. The highest BCUT2D eigenvalue weighted by Crippen LogP contribution is 2.13. The Balaban J connectivity index is 2.05. The van der Waals surface area contributed by atoms with E-state index < -0.39 is 5.97 Å². The van der Waals surface area contributed by atoms with Crippen LogP contribution in [-0.4, -0.2) is 15.9 Å². The third-order valence-corrected chi connectivity index (χ3v) is 3.15. The van der Waals surface area contributed by atoms with Gasteiger partial charge in [0.05, 0.1) is 5.52 Å². The van der Waals surface area contributed by atoms with E-state index in [1.54, 1.807) is 29.7 Å². The lowest BCUT2D eigenvalue weighted by Crippen LogP contribution is -2.12. The number of ether oxygens (including phenoxy) is 1. The van der Waals surface area contributed by atoms with E-state index in [0.29, 0.717) is 16.0 Å². The molecule has 19 heavy (non-hydrogen) atoms. The number of nitrogens with one attached hydrogen (secondary N) is 1. The van der Waals surface area contributed by atoms with E-state index in [0.717, 1.165) is 0 Å². The molecule has 0 aliphatic heterocycles. The molecule has 0 fully saturated rings. The van der Waals surface area contributed by atoms with E-state index in [1.165, 1.54) is 17.4 Å². The minimum atomic E-state index is -0.480. The second-order valence-corrected chi connectivity index (χ2v) is 4.56. The molecule has 0 saturated carbocycles. The number of rotatable bonds is 4. The number of hydrogen-bond donors (Lipinski definition) is 1. The molecule has 5 nitrogen and oxygen atoms in total. The van der Waals surface area contributed by atoms with Gasteiger partial charge in [-0.15, -0.1) is 11.3 Å². The first kappa shape index (κ1) is 13.2. The van der Waals surface area contributed by atoms with Gasteiger partial charge in [0, 0.05) is 6.08 Å². The van der Waals surface area contributed by atoms with Crippen LogP contribution in [0.4, 0.5) is 0 Å². The van der Waals surface area contributed by atoms with Crippen molar-refractivity contribution in [2.24, 2.45) is 0 Å². The van der Waals surface area contributed by atoms with E-state index in [1.807, 2.05) is 6.92 Å². The van der Waals surface area contributed by atoms with Gasteiger partial charge in [0.2, 0.25) is 0 Å². The van der Waals surface area contributed by atoms with E-state index in [4.69, 9.17) is 4.74 Å². The lowest BCUT2D eigenvalue weighted by atomic mass is 10.4. The van der Waals surface area contributed by atoms with Crippen molar-refractivity contribution in [1.82, 2.24) is 9.97 Å². The predicted octanol–water partition coefficient (Wildman–Crippen LogP) is 2.16. The Morgan fingerprint density at radius 1 is 1.53 bits per heavy atom. The summed E-state index contributed by atoms with van der Waals surface area (Å²) >= 11 is 1.33. The maximum Gasteiger partial charge on any atom is 0.331 e. The van der Waals surface area contributed by atoms with Crippen molar-refractivity contribution in [3.8, 4) is 0 Å². The lowest BCUT2D eigenvalue weighted by molar-refractivity contribution is -0.139. The zero-order valence-electron chi connectivity index (χ0n) is 10.3. The van der Waals surface area contributed by atoms with Crippen LogP contribution in [0.2, 0.25) is 0 Å². The van der Waals surface area contributed by atoms with Crippen molar-refractivity contribution in [3.63, 3.8) is 0 Å². The summed E-state index contributed by atoms with van der Waals surface area (Å²) in [6, 6.07) is 1.76. The van der Waals surface area contributed by atoms with E-state index >= 15 is 0 Å². The summed E-state index contributed by atoms with van der Waals surface area (Å²) in [5, 5.41) is 1.79. The maximum atomic E-state index is 11.7. The minimum absolute atomic E-state index is 0.0555. The molecule has 0 unspecified atom stereocenters. The number of allylic oxidation sites excluding steroid dienone is 3. The van der Waals surface area contributed by atoms with Gasteiger partial charge in [0.25, 0.3) is 5.56 Å². The standard InChI is InChI=1S/C13H12N2O3S/c1-2-3-4-5-11(16)18-8-10-14-9-6-7-19-12(9)13(17)15-10/h2-7H,8H2,1H3,(H,14,15,17)/b3-2+,5-4+. The number of aromatic amines is 1. The van der Waals surface area contributed by atoms with E-state index in [2.05, 4.69) is 9.97 Å². The number of carbonyl (C=O) groups excluding carboxylic acids is 1. The fourth-order valence-electron chi connectivity index (χ4n) is 1.42. The molecular formula is C13H12N2O3S. The number of aromatic nitrogens is 2. The lowest BCUT2D eigenvalue weighted by Gasteiger charge is -2.01. The largest absolute Gasteiger partial charge is 0.454 e. The van der Waals surface area contributed by atoms with Gasteiger partial charge in [-0.1, -0.05) is 18.2 Å². The number of esters is 1. The smallest absolute Gasteiger partial charge is 0.331 e. The minimum Gasteiger partial charge on any atom is -0.454 e. The number of hydrogen-bond acceptors (Lipinski definition) is 5. The molecule has 2 aromatic heterocycles. The molecule has 2 rings (SSSR count). The van der Waals surface area contributed by atoms with Crippen LogP contribution in [0.25, 0.3) is 10.2 Å². The van der Waals surface area contributed by atoms with Gasteiger partial charge in [-0.3, -0.25) is 4.79 Å². The average Bonchev–Trinajstić information content (AvgIpc) is 2.85. The molecule has 98 valence electrons. The Labute approximate surface area is 113 Å². The van der Waals surface area contributed by atoms with Gasteiger partial charge in [0.1, 0.15) is 17.1 Å². The van der Waals surface area contributed by atoms with Crippen LogP contribution >= 0.6 is 11.3 Å². The highest BCUT2D eigenvalue weighted by atomic mass is 32.1. The molecule has 0 aliphatic rings. The first-order valence-corrected chi connectivity index (χ1v) is 6.51. The van der Waals surface area contributed by atoms with Gasteiger partial charge in [0.15, 0.2) is 0 Å². The molecule has 0 amide bonds. The Hall–Kier alpha value is -2.21. The fourth-order valence-corrected chi connectivity index (χ4v) is 2.15.